The van der Waals surface area contributed by atoms with Gasteiger partial charge in [-0.25, -0.2) is 0 Å². The minimum absolute atomic E-state index is 0.196. The van der Waals surface area contributed by atoms with Crippen molar-refractivity contribution < 1.29 is 9.53 Å². The minimum Gasteiger partial charge on any atom is -0.494 e. The quantitative estimate of drug-likeness (QED) is 0.844. The highest BCUT2D eigenvalue weighted by atomic mass is 35.5. The van der Waals surface area contributed by atoms with E-state index in [1.807, 2.05) is 0 Å². The number of benzene rings is 1. The largest absolute Gasteiger partial charge is 0.494 e. The van der Waals surface area contributed by atoms with Crippen molar-refractivity contribution in [2.45, 2.75) is 25.8 Å². The number of fused-ring (bicyclic) bond motifs is 1. The molecule has 1 aliphatic rings. The number of hydrogen-bond donors (Lipinski definition) is 2. The zero-order valence-electron chi connectivity index (χ0n) is 13.8. The number of nitrogens with one attached hydrogen (secondary N) is 2. The van der Waals surface area contributed by atoms with E-state index in [4.69, 9.17) is 27.9 Å². The van der Waals surface area contributed by atoms with E-state index in [1.54, 1.807) is 12.1 Å². The molecule has 0 spiro atoms. The van der Waals surface area contributed by atoms with E-state index in [0.717, 1.165) is 19.5 Å². The number of carbonyl (C=O) groups excluding carboxylic acids is 1. The first-order valence-corrected chi connectivity index (χ1v) is 8.87. The lowest BCUT2D eigenvalue weighted by Crippen LogP contribution is -2.40. The van der Waals surface area contributed by atoms with Crippen LogP contribution in [0.5, 0.6) is 5.75 Å². The molecule has 7 heteroatoms. The van der Waals surface area contributed by atoms with Gasteiger partial charge in [-0.3, -0.25) is 9.69 Å². The highest BCUT2D eigenvalue weighted by molar-refractivity contribution is 6.38. The number of carbonyl (C=O) groups is 1. The van der Waals surface area contributed by atoms with Gasteiger partial charge < -0.3 is 15.0 Å². The Hall–Kier alpha value is -1.43. The Morgan fingerprint density at radius 1 is 1.46 bits per heavy atom. The monoisotopic (exact) mass is 369 g/mol. The van der Waals surface area contributed by atoms with Gasteiger partial charge in [-0.1, -0.05) is 30.1 Å². The molecule has 24 heavy (non-hydrogen) atoms. The fraction of sp³-hybridized carbons (Fsp3) is 0.471. The van der Waals surface area contributed by atoms with Crippen molar-refractivity contribution in [3.8, 4) is 5.75 Å². The van der Waals surface area contributed by atoms with Crippen LogP contribution in [0.1, 0.15) is 30.3 Å². The number of methoxy groups -OCH3 is 1. The van der Waals surface area contributed by atoms with Crippen LogP contribution in [0.3, 0.4) is 0 Å². The highest BCUT2D eigenvalue weighted by Gasteiger charge is 2.25. The van der Waals surface area contributed by atoms with Crippen molar-refractivity contribution in [1.82, 2.24) is 15.2 Å². The van der Waals surface area contributed by atoms with Gasteiger partial charge >= 0.3 is 0 Å². The molecule has 2 N–H and O–H groups in total. The second-order valence-electron chi connectivity index (χ2n) is 5.98. The van der Waals surface area contributed by atoms with Crippen molar-refractivity contribution in [2.75, 3.05) is 26.7 Å². The predicted molar refractivity (Wildman–Crippen MR) is 97.5 cm³/mol. The Labute approximate surface area is 151 Å². The number of likely N-dealkylation sites (N-methyl/N-ethyl adjacent to an activating group) is 1. The summed E-state index contributed by atoms with van der Waals surface area (Å²) in [5, 5.41) is 4.67. The Bertz CT molecular complexity index is 760. The van der Waals surface area contributed by atoms with E-state index in [0.29, 0.717) is 45.0 Å². The van der Waals surface area contributed by atoms with Gasteiger partial charge in [0.25, 0.3) is 5.91 Å². The van der Waals surface area contributed by atoms with Gasteiger partial charge in [-0.05, 0) is 38.1 Å². The van der Waals surface area contributed by atoms with Crippen molar-refractivity contribution in [2.24, 2.45) is 0 Å². The third kappa shape index (κ3) is 3.21. The number of hydrogen-bond acceptors (Lipinski definition) is 3. The number of amides is 1. The van der Waals surface area contributed by atoms with Crippen molar-refractivity contribution in [3.63, 3.8) is 0 Å². The van der Waals surface area contributed by atoms with Gasteiger partial charge in [0, 0.05) is 23.0 Å². The molecule has 1 aromatic heterocycles. The molecule has 2 aromatic rings. The van der Waals surface area contributed by atoms with Gasteiger partial charge in [-0.2, -0.15) is 0 Å². The Morgan fingerprint density at radius 3 is 2.96 bits per heavy atom. The van der Waals surface area contributed by atoms with Gasteiger partial charge in [0.2, 0.25) is 0 Å². The molecular weight excluding hydrogens is 349 g/mol. The van der Waals surface area contributed by atoms with Crippen molar-refractivity contribution in [1.29, 1.82) is 0 Å². The average Bonchev–Trinajstić information content (AvgIpc) is 3.16. The van der Waals surface area contributed by atoms with E-state index in [1.165, 1.54) is 13.5 Å². The molecule has 1 aromatic carbocycles. The van der Waals surface area contributed by atoms with E-state index in [-0.39, 0.29) is 5.91 Å². The van der Waals surface area contributed by atoms with Crippen LogP contribution >= 0.6 is 23.2 Å². The zero-order chi connectivity index (χ0) is 17.3. The number of halogens is 2. The van der Waals surface area contributed by atoms with Gasteiger partial charge in [-0.15, -0.1) is 0 Å². The van der Waals surface area contributed by atoms with Crippen molar-refractivity contribution in [3.05, 3.63) is 27.9 Å². The average molecular weight is 370 g/mol. The molecule has 130 valence electrons. The number of nitrogens with zero attached hydrogens (tertiary/aromatic N) is 1. The lowest BCUT2D eigenvalue weighted by molar-refractivity contribution is 0.0934. The summed E-state index contributed by atoms with van der Waals surface area (Å²) < 4.78 is 5.42. The summed E-state index contributed by atoms with van der Waals surface area (Å²) in [6.45, 7) is 4.87. The predicted octanol–water partition coefficient (Wildman–Crippen LogP) is 3.70. The van der Waals surface area contributed by atoms with E-state index in [9.17, 15) is 4.79 Å². The van der Waals surface area contributed by atoms with E-state index < -0.39 is 0 Å². The topological polar surface area (TPSA) is 57.4 Å². The molecule has 1 amide bonds. The number of ether oxygens (including phenoxy) is 1. The highest BCUT2D eigenvalue weighted by Crippen LogP contribution is 2.36. The maximum Gasteiger partial charge on any atom is 0.271 e. The summed E-state index contributed by atoms with van der Waals surface area (Å²) in [5.74, 6) is 0.267. The molecule has 0 aliphatic carbocycles. The molecule has 1 aliphatic heterocycles. The number of likely N-dealkylation sites (tertiary alicyclic amines) is 1. The number of aromatic nitrogens is 1. The SMILES string of the molecule is CCN1CCCC1CNC(=O)c1[nH]c2c(Cl)cc(Cl)cc2c1OC. The maximum absolute atomic E-state index is 12.6. The molecule has 0 saturated carbocycles. The summed E-state index contributed by atoms with van der Waals surface area (Å²) in [4.78, 5) is 18.1. The Kier molecular flexibility index (Phi) is 5.23. The Balaban J connectivity index is 1.83. The summed E-state index contributed by atoms with van der Waals surface area (Å²) in [6, 6.07) is 3.78. The normalized spacial score (nSPS) is 18.2. The fourth-order valence-electron chi connectivity index (χ4n) is 3.41. The summed E-state index contributed by atoms with van der Waals surface area (Å²) in [6.07, 6.45) is 2.29. The zero-order valence-corrected chi connectivity index (χ0v) is 15.3. The number of H-pyrrole nitrogens is 1. The Morgan fingerprint density at radius 2 is 2.25 bits per heavy atom. The van der Waals surface area contributed by atoms with Crippen LogP contribution in [-0.2, 0) is 0 Å². The van der Waals surface area contributed by atoms with Crippen LogP contribution in [0.15, 0.2) is 12.1 Å². The first-order chi connectivity index (χ1) is 11.5. The lowest BCUT2D eigenvalue weighted by atomic mass is 10.2. The standard InChI is InChI=1S/C17H21Cl2N3O2/c1-3-22-6-4-5-11(22)9-20-17(23)15-16(24-2)12-7-10(18)8-13(19)14(12)21-15/h7-8,11,21H,3-6,9H2,1-2H3,(H,20,23). The molecule has 0 bridgehead atoms. The molecule has 1 atom stereocenters. The third-order valence-corrected chi connectivity index (χ3v) is 5.13. The molecule has 1 fully saturated rings. The minimum atomic E-state index is -0.196. The molecule has 3 rings (SSSR count). The lowest BCUT2D eigenvalue weighted by Gasteiger charge is -2.22. The fourth-order valence-corrected chi connectivity index (χ4v) is 3.95. The van der Waals surface area contributed by atoms with Crippen LogP contribution in [0.2, 0.25) is 10.0 Å². The first kappa shape index (κ1) is 17.4. The van der Waals surface area contributed by atoms with Gasteiger partial charge in [0.05, 0.1) is 17.6 Å². The van der Waals surface area contributed by atoms with E-state index in [2.05, 4.69) is 22.1 Å². The maximum atomic E-state index is 12.6. The van der Waals surface area contributed by atoms with Gasteiger partial charge in [0.1, 0.15) is 5.69 Å². The molecule has 1 saturated heterocycles. The third-order valence-electron chi connectivity index (χ3n) is 4.61. The first-order valence-electron chi connectivity index (χ1n) is 8.12. The number of rotatable bonds is 5. The van der Waals surface area contributed by atoms with Crippen LogP contribution in [0.25, 0.3) is 10.9 Å². The second-order valence-corrected chi connectivity index (χ2v) is 6.82. The van der Waals surface area contributed by atoms with Crippen LogP contribution in [0, 0.1) is 0 Å². The molecule has 1 unspecified atom stereocenters. The summed E-state index contributed by atoms with van der Waals surface area (Å²) in [5.41, 5.74) is 1.02. The summed E-state index contributed by atoms with van der Waals surface area (Å²) >= 11 is 12.3. The molecule has 2 heterocycles. The van der Waals surface area contributed by atoms with Crippen LogP contribution in [0.4, 0.5) is 0 Å². The van der Waals surface area contributed by atoms with Crippen molar-refractivity contribution >= 4 is 40.0 Å². The van der Waals surface area contributed by atoms with Crippen LogP contribution < -0.4 is 10.1 Å². The molecular formula is C17H21Cl2N3O2. The molecule has 5 nitrogen and oxygen atoms in total. The smallest absolute Gasteiger partial charge is 0.271 e. The molecule has 0 radical (unpaired) electrons. The van der Waals surface area contributed by atoms with Crippen LogP contribution in [-0.4, -0.2) is 48.6 Å². The van der Waals surface area contributed by atoms with Gasteiger partial charge in [0.15, 0.2) is 5.75 Å². The number of aromatic amines is 1. The van der Waals surface area contributed by atoms with E-state index >= 15 is 0 Å². The summed E-state index contributed by atoms with van der Waals surface area (Å²) in [7, 11) is 1.53. The second kappa shape index (κ2) is 7.21.